The molecule has 3 rings (SSSR count). The zero-order valence-corrected chi connectivity index (χ0v) is 16.9. The fourth-order valence-electron chi connectivity index (χ4n) is 2.64. The molecule has 0 N–H and O–H groups in total. The van der Waals surface area contributed by atoms with Crippen LogP contribution in [-0.2, 0) is 16.1 Å². The Hall–Kier alpha value is -2.67. The summed E-state index contributed by atoms with van der Waals surface area (Å²) in [6.45, 7) is 5.94. The molecule has 0 fully saturated rings. The number of aromatic nitrogens is 3. The van der Waals surface area contributed by atoms with Crippen LogP contribution in [-0.4, -0.2) is 32.1 Å². The largest absolute Gasteiger partial charge is 0.459 e. The molecule has 0 radical (unpaired) electrons. The lowest BCUT2D eigenvalue weighted by molar-refractivity contribution is -0.151. The van der Waals surface area contributed by atoms with Crippen molar-refractivity contribution < 1.29 is 13.9 Å². The molecule has 0 atom stereocenters. The first-order chi connectivity index (χ1) is 13.3. The number of hydrogen-bond acceptors (Lipinski definition) is 5. The summed E-state index contributed by atoms with van der Waals surface area (Å²) < 4.78 is 21.5. The molecule has 1 aromatic heterocycles. The summed E-state index contributed by atoms with van der Waals surface area (Å²) in [6.07, 6.45) is 0. The Morgan fingerprint density at radius 1 is 1.07 bits per heavy atom. The predicted molar refractivity (Wildman–Crippen MR) is 108 cm³/mol. The first-order valence-corrected chi connectivity index (χ1v) is 9.89. The molecule has 0 amide bonds. The van der Waals surface area contributed by atoms with Crippen LogP contribution in [0.2, 0.25) is 0 Å². The molecule has 0 aliphatic heterocycles. The van der Waals surface area contributed by atoms with E-state index in [0.29, 0.717) is 23.1 Å². The number of halogens is 1. The molecular weight excluding hydrogens is 377 g/mol. The fourth-order valence-corrected chi connectivity index (χ4v) is 3.35. The van der Waals surface area contributed by atoms with E-state index in [0.717, 1.165) is 5.56 Å². The van der Waals surface area contributed by atoms with Crippen molar-refractivity contribution in [3.05, 3.63) is 66.0 Å². The second-order valence-corrected chi connectivity index (χ2v) is 8.18. The number of ether oxygens (including phenoxy) is 1. The first kappa shape index (κ1) is 20.1. The third kappa shape index (κ3) is 5.19. The summed E-state index contributed by atoms with van der Waals surface area (Å²) in [7, 11) is 0. The van der Waals surface area contributed by atoms with Crippen molar-refractivity contribution >= 4 is 17.7 Å². The van der Waals surface area contributed by atoms with Crippen molar-refractivity contribution in [1.29, 1.82) is 0 Å². The topological polar surface area (TPSA) is 57.0 Å². The van der Waals surface area contributed by atoms with E-state index >= 15 is 0 Å². The second-order valence-electron chi connectivity index (χ2n) is 7.23. The van der Waals surface area contributed by atoms with Crippen molar-refractivity contribution in [2.45, 2.75) is 38.1 Å². The molecule has 28 heavy (non-hydrogen) atoms. The van der Waals surface area contributed by atoms with Gasteiger partial charge in [0.1, 0.15) is 11.4 Å². The van der Waals surface area contributed by atoms with Gasteiger partial charge in [-0.05, 0) is 38.5 Å². The van der Waals surface area contributed by atoms with Crippen molar-refractivity contribution in [1.82, 2.24) is 14.8 Å². The van der Waals surface area contributed by atoms with Gasteiger partial charge >= 0.3 is 5.97 Å². The molecule has 0 bridgehead atoms. The zero-order valence-electron chi connectivity index (χ0n) is 16.1. The van der Waals surface area contributed by atoms with Crippen LogP contribution in [0.25, 0.3) is 11.4 Å². The number of esters is 1. The normalized spacial score (nSPS) is 11.4. The Labute approximate surface area is 167 Å². The van der Waals surface area contributed by atoms with Gasteiger partial charge in [0, 0.05) is 0 Å². The van der Waals surface area contributed by atoms with Gasteiger partial charge in [0.15, 0.2) is 11.0 Å². The van der Waals surface area contributed by atoms with Crippen LogP contribution >= 0.6 is 11.8 Å². The van der Waals surface area contributed by atoms with Crippen LogP contribution in [0.1, 0.15) is 26.3 Å². The molecule has 3 aromatic rings. The number of carbonyl (C=O) groups excluding carboxylic acids is 1. The summed E-state index contributed by atoms with van der Waals surface area (Å²) in [6, 6.07) is 16.2. The minimum absolute atomic E-state index is 0.0987. The third-order valence-corrected chi connectivity index (χ3v) is 4.69. The van der Waals surface area contributed by atoms with E-state index in [1.165, 1.54) is 17.8 Å². The minimum Gasteiger partial charge on any atom is -0.459 e. The van der Waals surface area contributed by atoms with Crippen molar-refractivity contribution in [2.24, 2.45) is 0 Å². The highest BCUT2D eigenvalue weighted by atomic mass is 32.2. The lowest BCUT2D eigenvalue weighted by Gasteiger charge is -2.19. The quantitative estimate of drug-likeness (QED) is 0.449. The number of hydrogen-bond donors (Lipinski definition) is 0. The van der Waals surface area contributed by atoms with Crippen LogP contribution in [0.4, 0.5) is 4.39 Å². The number of benzene rings is 2. The predicted octanol–water partition coefficient (Wildman–Crippen LogP) is 4.57. The first-order valence-electron chi connectivity index (χ1n) is 8.90. The summed E-state index contributed by atoms with van der Waals surface area (Å²) in [4.78, 5) is 12.1. The van der Waals surface area contributed by atoms with E-state index in [1.54, 1.807) is 18.2 Å². The molecule has 1 heterocycles. The van der Waals surface area contributed by atoms with Crippen molar-refractivity contribution in [2.75, 3.05) is 5.75 Å². The Morgan fingerprint density at radius 3 is 2.43 bits per heavy atom. The van der Waals surface area contributed by atoms with Crippen molar-refractivity contribution in [3.63, 3.8) is 0 Å². The maximum Gasteiger partial charge on any atom is 0.316 e. The van der Waals surface area contributed by atoms with Crippen LogP contribution in [0, 0.1) is 5.82 Å². The summed E-state index contributed by atoms with van der Waals surface area (Å²) in [5.74, 6) is -0.178. The van der Waals surface area contributed by atoms with Gasteiger partial charge in [0.2, 0.25) is 0 Å². The highest BCUT2D eigenvalue weighted by Gasteiger charge is 2.20. The standard InChI is InChI=1S/C21H22FN3O2S/c1-21(2,3)27-18(26)14-28-20-24-23-19(16-11-7-8-12-17(16)22)25(20)13-15-9-5-4-6-10-15/h4-12H,13-14H2,1-3H3. The number of nitrogens with zero attached hydrogens (tertiary/aromatic N) is 3. The average Bonchev–Trinajstić information content (AvgIpc) is 3.02. The SMILES string of the molecule is CC(C)(C)OC(=O)CSc1nnc(-c2ccccc2F)n1Cc1ccccc1. The van der Waals surface area contributed by atoms with Gasteiger partial charge in [-0.1, -0.05) is 54.2 Å². The lowest BCUT2D eigenvalue weighted by Crippen LogP contribution is -2.25. The molecule has 0 unspecified atom stereocenters. The van der Waals surface area contributed by atoms with E-state index in [9.17, 15) is 9.18 Å². The van der Waals surface area contributed by atoms with Crippen LogP contribution in [0.15, 0.2) is 59.8 Å². The lowest BCUT2D eigenvalue weighted by atomic mass is 10.2. The van der Waals surface area contributed by atoms with Gasteiger partial charge < -0.3 is 4.74 Å². The smallest absolute Gasteiger partial charge is 0.316 e. The molecule has 0 saturated heterocycles. The van der Waals surface area contributed by atoms with Crippen LogP contribution in [0.5, 0.6) is 0 Å². The summed E-state index contributed by atoms with van der Waals surface area (Å²) in [5.41, 5.74) is 0.849. The fraction of sp³-hybridized carbons (Fsp3) is 0.286. The van der Waals surface area contributed by atoms with Crippen LogP contribution in [0.3, 0.4) is 0 Å². The maximum atomic E-state index is 14.3. The van der Waals surface area contributed by atoms with Gasteiger partial charge in [0.05, 0.1) is 17.9 Å². The second kappa shape index (κ2) is 8.56. The molecule has 7 heteroatoms. The molecule has 0 aliphatic rings. The Balaban J connectivity index is 1.89. The van der Waals surface area contributed by atoms with E-state index in [1.807, 2.05) is 55.7 Å². The van der Waals surface area contributed by atoms with E-state index < -0.39 is 5.60 Å². The van der Waals surface area contributed by atoms with Crippen LogP contribution < -0.4 is 0 Å². The summed E-state index contributed by atoms with van der Waals surface area (Å²) in [5, 5.41) is 8.93. The third-order valence-electron chi connectivity index (χ3n) is 3.75. The van der Waals surface area contributed by atoms with Gasteiger partial charge in [0.25, 0.3) is 0 Å². The Bertz CT molecular complexity index is 952. The average molecular weight is 399 g/mol. The Morgan fingerprint density at radius 2 is 1.75 bits per heavy atom. The van der Waals surface area contributed by atoms with Gasteiger partial charge in [-0.15, -0.1) is 10.2 Å². The number of thioether (sulfide) groups is 1. The minimum atomic E-state index is -0.548. The van der Waals surface area contributed by atoms with Gasteiger partial charge in [-0.25, -0.2) is 4.39 Å². The van der Waals surface area contributed by atoms with E-state index in [2.05, 4.69) is 10.2 Å². The molecule has 2 aromatic carbocycles. The highest BCUT2D eigenvalue weighted by molar-refractivity contribution is 7.99. The number of rotatable bonds is 6. The van der Waals surface area contributed by atoms with Gasteiger partial charge in [-0.2, -0.15) is 0 Å². The summed E-state index contributed by atoms with van der Waals surface area (Å²) >= 11 is 1.23. The molecular formula is C21H22FN3O2S. The molecule has 146 valence electrons. The van der Waals surface area contributed by atoms with E-state index in [4.69, 9.17) is 4.74 Å². The molecule has 0 saturated carbocycles. The Kier molecular flexibility index (Phi) is 6.14. The number of carbonyl (C=O) groups is 1. The highest BCUT2D eigenvalue weighted by Crippen LogP contribution is 2.27. The molecule has 5 nitrogen and oxygen atoms in total. The molecule has 0 aliphatic carbocycles. The zero-order chi connectivity index (χ0) is 20.1. The van der Waals surface area contributed by atoms with Gasteiger partial charge in [-0.3, -0.25) is 9.36 Å². The van der Waals surface area contributed by atoms with Crippen molar-refractivity contribution in [3.8, 4) is 11.4 Å². The molecule has 0 spiro atoms. The maximum absolute atomic E-state index is 14.3. The monoisotopic (exact) mass is 399 g/mol. The van der Waals surface area contributed by atoms with E-state index in [-0.39, 0.29) is 17.5 Å².